The second kappa shape index (κ2) is 5.54. The zero-order valence-electron chi connectivity index (χ0n) is 9.62. The van der Waals surface area contributed by atoms with Crippen LogP contribution in [0.5, 0.6) is 0 Å². The van der Waals surface area contributed by atoms with Crippen molar-refractivity contribution in [2.45, 2.75) is 27.2 Å². The fourth-order valence-corrected chi connectivity index (χ4v) is 1.55. The Morgan fingerprint density at radius 3 is 2.60 bits per heavy atom. The molecule has 0 heterocycles. The summed E-state index contributed by atoms with van der Waals surface area (Å²) >= 11 is 0. The van der Waals surface area contributed by atoms with Gasteiger partial charge >= 0.3 is 5.97 Å². The maximum absolute atomic E-state index is 11.6. The molecule has 1 rings (SSSR count). The molecule has 0 aliphatic carbocycles. The molecule has 0 aliphatic heterocycles. The Morgan fingerprint density at radius 1 is 1.33 bits per heavy atom. The fraction of sp³-hybridized carbons (Fsp3) is 0.462. The van der Waals surface area contributed by atoms with Crippen LogP contribution in [0.15, 0.2) is 24.3 Å². The van der Waals surface area contributed by atoms with Crippen LogP contribution in [0, 0.1) is 5.92 Å². The van der Waals surface area contributed by atoms with Gasteiger partial charge in [-0.25, -0.2) is 4.79 Å². The summed E-state index contributed by atoms with van der Waals surface area (Å²) in [5, 5.41) is 0. The van der Waals surface area contributed by atoms with Gasteiger partial charge in [0.05, 0.1) is 12.2 Å². The van der Waals surface area contributed by atoms with Crippen molar-refractivity contribution in [1.82, 2.24) is 0 Å². The molecule has 1 aromatic carbocycles. The number of carbonyl (C=O) groups excluding carboxylic acids is 1. The van der Waals surface area contributed by atoms with E-state index in [0.717, 1.165) is 12.0 Å². The molecular formula is C13H18O2. The first-order chi connectivity index (χ1) is 7.15. The lowest BCUT2D eigenvalue weighted by Crippen LogP contribution is -2.09. The molecule has 1 aromatic rings. The van der Waals surface area contributed by atoms with Gasteiger partial charge in [0.2, 0.25) is 0 Å². The van der Waals surface area contributed by atoms with Crippen LogP contribution in [-0.4, -0.2) is 12.6 Å². The molecule has 0 aliphatic rings. The van der Waals surface area contributed by atoms with Crippen molar-refractivity contribution in [3.05, 3.63) is 35.4 Å². The van der Waals surface area contributed by atoms with Crippen LogP contribution >= 0.6 is 0 Å². The van der Waals surface area contributed by atoms with Crippen molar-refractivity contribution in [1.29, 1.82) is 0 Å². The van der Waals surface area contributed by atoms with Gasteiger partial charge in [0, 0.05) is 0 Å². The highest BCUT2D eigenvalue weighted by atomic mass is 16.5. The van der Waals surface area contributed by atoms with Crippen molar-refractivity contribution >= 4 is 5.97 Å². The molecule has 0 saturated heterocycles. The SMILES string of the molecule is CCOC(=O)c1ccccc1CC(C)C. The van der Waals surface area contributed by atoms with Crippen LogP contribution in [0.3, 0.4) is 0 Å². The Labute approximate surface area is 91.3 Å². The monoisotopic (exact) mass is 206 g/mol. The molecule has 2 heteroatoms. The summed E-state index contributed by atoms with van der Waals surface area (Å²) in [6, 6.07) is 7.65. The van der Waals surface area contributed by atoms with Gasteiger partial charge in [0.25, 0.3) is 0 Å². The minimum Gasteiger partial charge on any atom is -0.462 e. The molecule has 0 N–H and O–H groups in total. The van der Waals surface area contributed by atoms with Crippen molar-refractivity contribution < 1.29 is 9.53 Å². The van der Waals surface area contributed by atoms with Crippen LogP contribution in [0.4, 0.5) is 0 Å². The quantitative estimate of drug-likeness (QED) is 0.708. The Kier molecular flexibility index (Phi) is 4.35. The molecule has 0 bridgehead atoms. The van der Waals surface area contributed by atoms with Gasteiger partial charge in [-0.2, -0.15) is 0 Å². The highest BCUT2D eigenvalue weighted by molar-refractivity contribution is 5.91. The summed E-state index contributed by atoms with van der Waals surface area (Å²) in [4.78, 5) is 11.6. The Bertz CT molecular complexity index is 329. The molecule has 0 spiro atoms. The van der Waals surface area contributed by atoms with E-state index in [1.807, 2.05) is 31.2 Å². The number of esters is 1. The summed E-state index contributed by atoms with van der Waals surface area (Å²) in [5.74, 6) is 0.328. The van der Waals surface area contributed by atoms with Crippen molar-refractivity contribution in [2.24, 2.45) is 5.92 Å². The summed E-state index contributed by atoms with van der Waals surface area (Å²) < 4.78 is 5.01. The first kappa shape index (κ1) is 11.8. The third-order valence-corrected chi connectivity index (χ3v) is 2.14. The normalized spacial score (nSPS) is 10.4. The van der Waals surface area contributed by atoms with E-state index in [2.05, 4.69) is 13.8 Å². The van der Waals surface area contributed by atoms with Crippen LogP contribution in [-0.2, 0) is 11.2 Å². The number of benzene rings is 1. The van der Waals surface area contributed by atoms with E-state index in [-0.39, 0.29) is 5.97 Å². The summed E-state index contributed by atoms with van der Waals surface area (Å²) in [6.07, 6.45) is 0.912. The second-order valence-corrected chi connectivity index (χ2v) is 3.98. The Morgan fingerprint density at radius 2 is 2.00 bits per heavy atom. The molecule has 0 fully saturated rings. The minimum absolute atomic E-state index is 0.214. The van der Waals surface area contributed by atoms with Gasteiger partial charge in [-0.15, -0.1) is 0 Å². The molecule has 15 heavy (non-hydrogen) atoms. The average Bonchev–Trinajstić information content (AvgIpc) is 2.18. The largest absolute Gasteiger partial charge is 0.462 e. The Balaban J connectivity index is 2.90. The first-order valence-electron chi connectivity index (χ1n) is 5.40. The van der Waals surface area contributed by atoms with Crippen LogP contribution in [0.2, 0.25) is 0 Å². The van der Waals surface area contributed by atoms with Gasteiger partial charge in [-0.1, -0.05) is 32.0 Å². The summed E-state index contributed by atoms with van der Waals surface area (Å²) in [6.45, 7) is 6.53. The third-order valence-electron chi connectivity index (χ3n) is 2.14. The zero-order chi connectivity index (χ0) is 11.3. The average molecular weight is 206 g/mol. The van der Waals surface area contributed by atoms with Crippen LogP contribution < -0.4 is 0 Å². The lowest BCUT2D eigenvalue weighted by molar-refractivity contribution is 0.0525. The standard InChI is InChI=1S/C13H18O2/c1-4-15-13(14)12-8-6-5-7-11(12)9-10(2)3/h5-8,10H,4,9H2,1-3H3. The van der Waals surface area contributed by atoms with Gasteiger partial charge in [0.15, 0.2) is 0 Å². The van der Waals surface area contributed by atoms with E-state index in [1.54, 1.807) is 0 Å². The van der Waals surface area contributed by atoms with Gasteiger partial charge in [-0.3, -0.25) is 0 Å². The number of carbonyl (C=O) groups is 1. The van der Waals surface area contributed by atoms with E-state index in [1.165, 1.54) is 0 Å². The summed E-state index contributed by atoms with van der Waals surface area (Å²) in [7, 11) is 0. The maximum Gasteiger partial charge on any atom is 0.338 e. The third kappa shape index (κ3) is 3.39. The van der Waals surface area contributed by atoms with E-state index in [9.17, 15) is 4.79 Å². The Hall–Kier alpha value is -1.31. The number of hydrogen-bond donors (Lipinski definition) is 0. The van der Waals surface area contributed by atoms with Gasteiger partial charge < -0.3 is 4.74 Å². The predicted molar refractivity (Wildman–Crippen MR) is 60.9 cm³/mol. The molecule has 2 nitrogen and oxygen atoms in total. The van der Waals surface area contributed by atoms with Crippen molar-refractivity contribution in [2.75, 3.05) is 6.61 Å². The number of rotatable bonds is 4. The second-order valence-electron chi connectivity index (χ2n) is 3.98. The van der Waals surface area contributed by atoms with E-state index in [0.29, 0.717) is 18.1 Å². The number of hydrogen-bond acceptors (Lipinski definition) is 2. The summed E-state index contributed by atoms with van der Waals surface area (Å²) in [5.41, 5.74) is 1.78. The molecule has 0 atom stereocenters. The van der Waals surface area contributed by atoms with Gasteiger partial charge in [-0.05, 0) is 30.9 Å². The zero-order valence-corrected chi connectivity index (χ0v) is 9.62. The smallest absolute Gasteiger partial charge is 0.338 e. The van der Waals surface area contributed by atoms with Crippen molar-refractivity contribution in [3.63, 3.8) is 0 Å². The van der Waals surface area contributed by atoms with E-state index >= 15 is 0 Å². The molecule has 0 amide bonds. The molecule has 0 radical (unpaired) electrons. The van der Waals surface area contributed by atoms with Gasteiger partial charge in [0.1, 0.15) is 0 Å². The van der Waals surface area contributed by atoms with E-state index < -0.39 is 0 Å². The maximum atomic E-state index is 11.6. The number of ether oxygens (including phenoxy) is 1. The highest BCUT2D eigenvalue weighted by Gasteiger charge is 2.12. The van der Waals surface area contributed by atoms with Crippen LogP contribution in [0.1, 0.15) is 36.7 Å². The molecule has 82 valence electrons. The molecule has 0 saturated carbocycles. The fourth-order valence-electron chi connectivity index (χ4n) is 1.55. The lowest BCUT2D eigenvalue weighted by Gasteiger charge is -2.10. The lowest BCUT2D eigenvalue weighted by atomic mass is 9.98. The van der Waals surface area contributed by atoms with Crippen molar-refractivity contribution in [3.8, 4) is 0 Å². The molecular weight excluding hydrogens is 188 g/mol. The highest BCUT2D eigenvalue weighted by Crippen LogP contribution is 2.14. The topological polar surface area (TPSA) is 26.3 Å². The molecule has 0 unspecified atom stereocenters. The predicted octanol–water partition coefficient (Wildman–Crippen LogP) is 3.06. The molecule has 0 aromatic heterocycles. The van der Waals surface area contributed by atoms with E-state index in [4.69, 9.17) is 4.74 Å². The minimum atomic E-state index is -0.214. The van der Waals surface area contributed by atoms with Crippen LogP contribution in [0.25, 0.3) is 0 Å². The first-order valence-corrected chi connectivity index (χ1v) is 5.40.